The lowest BCUT2D eigenvalue weighted by molar-refractivity contribution is -0.117. The van der Waals surface area contributed by atoms with Crippen molar-refractivity contribution in [3.05, 3.63) is 29.3 Å². The third-order valence-electron chi connectivity index (χ3n) is 3.35. The number of hydrogen-bond donors (Lipinski definition) is 0. The summed E-state index contributed by atoms with van der Waals surface area (Å²) in [7, 11) is 0. The number of rotatable bonds is 4. The highest BCUT2D eigenvalue weighted by Gasteiger charge is 2.18. The minimum atomic E-state index is 0.362. The van der Waals surface area contributed by atoms with Crippen molar-refractivity contribution < 1.29 is 4.79 Å². The van der Waals surface area contributed by atoms with Gasteiger partial charge in [0.1, 0.15) is 0 Å². The first-order valence-electron chi connectivity index (χ1n) is 6.57. The summed E-state index contributed by atoms with van der Waals surface area (Å²) in [6.45, 7) is 5.79. The number of Topliss-reactive ketones (excluding diaryl/α,β-unsaturated/α-hetero) is 1. The SMILES string of the molecule is CCCC(=O)CN1CCCc2cc(C)ccc21. The van der Waals surface area contributed by atoms with Crippen LogP contribution in [0.2, 0.25) is 0 Å². The lowest BCUT2D eigenvalue weighted by Gasteiger charge is -2.31. The monoisotopic (exact) mass is 231 g/mol. The Kier molecular flexibility index (Phi) is 3.82. The predicted molar refractivity (Wildman–Crippen MR) is 71.6 cm³/mol. The second-order valence-corrected chi connectivity index (χ2v) is 4.95. The van der Waals surface area contributed by atoms with Crippen LogP contribution in [0.3, 0.4) is 0 Å². The average Bonchev–Trinajstić information content (AvgIpc) is 2.29. The van der Waals surface area contributed by atoms with Crippen LogP contribution in [-0.4, -0.2) is 18.9 Å². The van der Waals surface area contributed by atoms with Crippen molar-refractivity contribution >= 4 is 11.5 Å². The fourth-order valence-electron chi connectivity index (χ4n) is 2.54. The van der Waals surface area contributed by atoms with Crippen molar-refractivity contribution in [2.45, 2.75) is 39.5 Å². The summed E-state index contributed by atoms with van der Waals surface area (Å²) in [5.74, 6) is 0.362. The molecule has 0 saturated heterocycles. The highest BCUT2D eigenvalue weighted by Crippen LogP contribution is 2.27. The van der Waals surface area contributed by atoms with Crippen LogP contribution in [0.15, 0.2) is 18.2 Å². The number of carbonyl (C=O) groups excluding carboxylic acids is 1. The van der Waals surface area contributed by atoms with Gasteiger partial charge >= 0.3 is 0 Å². The third kappa shape index (κ3) is 2.87. The number of benzene rings is 1. The molecule has 1 aliphatic rings. The molecule has 2 rings (SSSR count). The Morgan fingerprint density at radius 2 is 2.24 bits per heavy atom. The summed E-state index contributed by atoms with van der Waals surface area (Å²) in [4.78, 5) is 14.0. The number of carbonyl (C=O) groups is 1. The topological polar surface area (TPSA) is 20.3 Å². The first kappa shape index (κ1) is 12.2. The number of nitrogens with zero attached hydrogens (tertiary/aromatic N) is 1. The van der Waals surface area contributed by atoms with E-state index >= 15 is 0 Å². The molecule has 0 spiro atoms. The predicted octanol–water partition coefficient (Wildman–Crippen LogP) is 3.12. The Bertz CT molecular complexity index is 411. The van der Waals surface area contributed by atoms with Crippen molar-refractivity contribution in [3.8, 4) is 0 Å². The Hall–Kier alpha value is -1.31. The van der Waals surface area contributed by atoms with Gasteiger partial charge in [-0.1, -0.05) is 24.6 Å². The van der Waals surface area contributed by atoms with E-state index < -0.39 is 0 Å². The molecule has 17 heavy (non-hydrogen) atoms. The van der Waals surface area contributed by atoms with Crippen LogP contribution in [0.25, 0.3) is 0 Å². The van der Waals surface area contributed by atoms with Crippen LogP contribution in [-0.2, 0) is 11.2 Å². The van der Waals surface area contributed by atoms with E-state index in [2.05, 4.69) is 36.9 Å². The second kappa shape index (κ2) is 5.35. The van der Waals surface area contributed by atoms with E-state index in [9.17, 15) is 4.79 Å². The Morgan fingerprint density at radius 1 is 1.41 bits per heavy atom. The minimum Gasteiger partial charge on any atom is -0.364 e. The molecule has 0 atom stereocenters. The van der Waals surface area contributed by atoms with Crippen LogP contribution in [0, 0.1) is 6.92 Å². The number of anilines is 1. The van der Waals surface area contributed by atoms with E-state index in [1.165, 1.54) is 16.8 Å². The lowest BCUT2D eigenvalue weighted by Crippen LogP contribution is -2.34. The molecular formula is C15H21NO. The van der Waals surface area contributed by atoms with Gasteiger partial charge < -0.3 is 4.90 Å². The highest BCUT2D eigenvalue weighted by atomic mass is 16.1. The minimum absolute atomic E-state index is 0.362. The van der Waals surface area contributed by atoms with Gasteiger partial charge in [-0.05, 0) is 37.8 Å². The number of hydrogen-bond acceptors (Lipinski definition) is 2. The number of aryl methyl sites for hydroxylation is 2. The summed E-state index contributed by atoms with van der Waals surface area (Å²) in [6, 6.07) is 6.57. The highest BCUT2D eigenvalue weighted by molar-refractivity contribution is 5.83. The first-order chi connectivity index (χ1) is 8.20. The first-order valence-corrected chi connectivity index (χ1v) is 6.57. The van der Waals surface area contributed by atoms with Gasteiger partial charge in [0.05, 0.1) is 6.54 Å². The van der Waals surface area contributed by atoms with Gasteiger partial charge in [0.2, 0.25) is 0 Å². The zero-order chi connectivity index (χ0) is 12.3. The van der Waals surface area contributed by atoms with E-state index in [0.29, 0.717) is 18.7 Å². The Labute approximate surface area is 104 Å². The molecule has 1 aliphatic heterocycles. The molecular weight excluding hydrogens is 210 g/mol. The van der Waals surface area contributed by atoms with Gasteiger partial charge in [-0.25, -0.2) is 0 Å². The summed E-state index contributed by atoms with van der Waals surface area (Å²) in [5, 5.41) is 0. The Balaban J connectivity index is 2.14. The summed E-state index contributed by atoms with van der Waals surface area (Å²) >= 11 is 0. The molecule has 2 heteroatoms. The van der Waals surface area contributed by atoms with Crippen molar-refractivity contribution in [2.75, 3.05) is 18.0 Å². The van der Waals surface area contributed by atoms with Crippen molar-refractivity contribution in [1.29, 1.82) is 0 Å². The second-order valence-electron chi connectivity index (χ2n) is 4.95. The molecule has 0 amide bonds. The molecule has 1 aromatic rings. The molecule has 0 aliphatic carbocycles. The third-order valence-corrected chi connectivity index (χ3v) is 3.35. The van der Waals surface area contributed by atoms with Gasteiger partial charge in [0, 0.05) is 18.7 Å². The number of fused-ring (bicyclic) bond motifs is 1. The molecule has 0 radical (unpaired) electrons. The molecule has 0 aromatic heterocycles. The van der Waals surface area contributed by atoms with Crippen LogP contribution < -0.4 is 4.90 Å². The van der Waals surface area contributed by atoms with E-state index in [-0.39, 0.29) is 0 Å². The molecule has 2 nitrogen and oxygen atoms in total. The zero-order valence-electron chi connectivity index (χ0n) is 10.8. The molecule has 92 valence electrons. The van der Waals surface area contributed by atoms with E-state index in [0.717, 1.165) is 25.8 Å². The number of ketones is 1. The summed E-state index contributed by atoms with van der Waals surface area (Å²) in [5.41, 5.74) is 3.98. The van der Waals surface area contributed by atoms with Crippen LogP contribution in [0.1, 0.15) is 37.3 Å². The van der Waals surface area contributed by atoms with Crippen LogP contribution >= 0.6 is 0 Å². The van der Waals surface area contributed by atoms with E-state index in [1.54, 1.807) is 0 Å². The largest absolute Gasteiger partial charge is 0.364 e. The fourth-order valence-corrected chi connectivity index (χ4v) is 2.54. The normalized spacial score (nSPS) is 14.6. The van der Waals surface area contributed by atoms with Gasteiger partial charge in [0.25, 0.3) is 0 Å². The van der Waals surface area contributed by atoms with Gasteiger partial charge in [0.15, 0.2) is 5.78 Å². The van der Waals surface area contributed by atoms with Crippen LogP contribution in [0.5, 0.6) is 0 Å². The maximum absolute atomic E-state index is 11.7. The maximum atomic E-state index is 11.7. The van der Waals surface area contributed by atoms with Gasteiger partial charge in [-0.3, -0.25) is 4.79 Å². The lowest BCUT2D eigenvalue weighted by atomic mass is 9.99. The van der Waals surface area contributed by atoms with Gasteiger partial charge in [-0.15, -0.1) is 0 Å². The molecule has 0 N–H and O–H groups in total. The summed E-state index contributed by atoms with van der Waals surface area (Å²) < 4.78 is 0. The molecule has 0 bridgehead atoms. The standard InChI is InChI=1S/C15H21NO/c1-3-5-14(17)11-16-9-4-6-13-10-12(2)7-8-15(13)16/h7-8,10H,3-6,9,11H2,1-2H3. The van der Waals surface area contributed by atoms with Crippen molar-refractivity contribution in [2.24, 2.45) is 0 Å². The molecule has 1 aromatic carbocycles. The van der Waals surface area contributed by atoms with E-state index in [1.807, 2.05) is 0 Å². The maximum Gasteiger partial charge on any atom is 0.152 e. The summed E-state index contributed by atoms with van der Waals surface area (Å²) in [6.07, 6.45) is 3.97. The molecule has 0 saturated carbocycles. The van der Waals surface area contributed by atoms with Crippen molar-refractivity contribution in [3.63, 3.8) is 0 Å². The smallest absolute Gasteiger partial charge is 0.152 e. The van der Waals surface area contributed by atoms with Crippen LogP contribution in [0.4, 0.5) is 5.69 Å². The quantitative estimate of drug-likeness (QED) is 0.793. The van der Waals surface area contributed by atoms with Gasteiger partial charge in [-0.2, -0.15) is 0 Å². The van der Waals surface area contributed by atoms with Crippen molar-refractivity contribution in [1.82, 2.24) is 0 Å². The average molecular weight is 231 g/mol. The molecule has 1 heterocycles. The Morgan fingerprint density at radius 3 is 3.00 bits per heavy atom. The molecule has 0 unspecified atom stereocenters. The fraction of sp³-hybridized carbons (Fsp3) is 0.533. The van der Waals surface area contributed by atoms with E-state index in [4.69, 9.17) is 0 Å². The molecule has 0 fully saturated rings. The zero-order valence-corrected chi connectivity index (χ0v) is 10.8.